The third kappa shape index (κ3) is 2.98. The van der Waals surface area contributed by atoms with Crippen molar-refractivity contribution in [3.63, 3.8) is 0 Å². The lowest BCUT2D eigenvalue weighted by Gasteiger charge is -2.30. The van der Waals surface area contributed by atoms with Crippen LogP contribution >= 0.6 is 0 Å². The fourth-order valence-electron chi connectivity index (χ4n) is 1.98. The van der Waals surface area contributed by atoms with Crippen LogP contribution in [-0.2, 0) is 0 Å². The largest absolute Gasteiger partial charge is 0.390 e. The maximum atomic E-state index is 9.88. The van der Waals surface area contributed by atoms with Crippen LogP contribution in [0, 0.1) is 12.3 Å². The summed E-state index contributed by atoms with van der Waals surface area (Å²) in [4.78, 5) is 4.47. The molecule has 0 spiro atoms. The van der Waals surface area contributed by atoms with E-state index >= 15 is 0 Å². The van der Waals surface area contributed by atoms with Gasteiger partial charge in [-0.25, -0.2) is 0 Å². The van der Waals surface area contributed by atoms with Gasteiger partial charge in [0.15, 0.2) is 0 Å². The van der Waals surface area contributed by atoms with Gasteiger partial charge in [0.05, 0.1) is 6.10 Å². The van der Waals surface area contributed by atoms with Crippen molar-refractivity contribution < 1.29 is 5.11 Å². The minimum atomic E-state index is -0.398. The smallest absolute Gasteiger partial charge is 0.0816 e. The first-order valence-electron chi connectivity index (χ1n) is 5.15. The van der Waals surface area contributed by atoms with E-state index in [0.29, 0.717) is 6.42 Å². The molecule has 3 nitrogen and oxygen atoms in total. The standard InChI is InChI=1S/C11H20N2O/c1-4-6-11(14)10-9-12(2)7-5-8-13(10)3/h1,10-11,14H,5-9H2,2-3H3. The van der Waals surface area contributed by atoms with Gasteiger partial charge < -0.3 is 10.0 Å². The number of terminal acetylenes is 1. The highest BCUT2D eigenvalue weighted by atomic mass is 16.3. The SMILES string of the molecule is C#CCC(O)C1CN(C)CCCN1C. The van der Waals surface area contributed by atoms with Gasteiger partial charge in [0, 0.05) is 19.0 Å². The zero-order valence-electron chi connectivity index (χ0n) is 9.11. The fraction of sp³-hybridized carbons (Fsp3) is 0.818. The van der Waals surface area contributed by atoms with E-state index in [4.69, 9.17) is 6.42 Å². The molecule has 0 amide bonds. The van der Waals surface area contributed by atoms with Gasteiger partial charge >= 0.3 is 0 Å². The molecule has 1 saturated heterocycles. The monoisotopic (exact) mass is 196 g/mol. The van der Waals surface area contributed by atoms with E-state index in [9.17, 15) is 5.11 Å². The van der Waals surface area contributed by atoms with E-state index in [1.807, 2.05) is 0 Å². The Morgan fingerprint density at radius 3 is 2.86 bits per heavy atom. The average Bonchev–Trinajstić information content (AvgIpc) is 2.29. The Morgan fingerprint density at radius 2 is 2.21 bits per heavy atom. The molecule has 1 aliphatic rings. The summed E-state index contributed by atoms with van der Waals surface area (Å²) in [5.74, 6) is 2.53. The second-order valence-corrected chi connectivity index (χ2v) is 4.14. The van der Waals surface area contributed by atoms with Crippen LogP contribution in [0.1, 0.15) is 12.8 Å². The first kappa shape index (κ1) is 11.5. The molecule has 0 radical (unpaired) electrons. The molecule has 0 aromatic rings. The van der Waals surface area contributed by atoms with Gasteiger partial charge in [-0.15, -0.1) is 12.3 Å². The molecule has 0 saturated carbocycles. The van der Waals surface area contributed by atoms with Crippen molar-refractivity contribution in [1.82, 2.24) is 9.80 Å². The molecule has 1 fully saturated rings. The number of hydrogen-bond acceptors (Lipinski definition) is 3. The number of aliphatic hydroxyl groups excluding tert-OH is 1. The molecule has 80 valence electrons. The first-order valence-corrected chi connectivity index (χ1v) is 5.15. The molecular weight excluding hydrogens is 176 g/mol. The molecule has 14 heavy (non-hydrogen) atoms. The zero-order chi connectivity index (χ0) is 10.6. The lowest BCUT2D eigenvalue weighted by Crippen LogP contribution is -2.45. The Labute approximate surface area is 86.7 Å². The highest BCUT2D eigenvalue weighted by Crippen LogP contribution is 2.12. The van der Waals surface area contributed by atoms with E-state index in [-0.39, 0.29) is 6.04 Å². The summed E-state index contributed by atoms with van der Waals surface area (Å²) in [6.45, 7) is 3.04. The lowest BCUT2D eigenvalue weighted by atomic mass is 10.1. The highest BCUT2D eigenvalue weighted by molar-refractivity contribution is 4.93. The molecule has 2 atom stereocenters. The topological polar surface area (TPSA) is 26.7 Å². The Morgan fingerprint density at radius 1 is 1.50 bits per heavy atom. The number of hydrogen-bond donors (Lipinski definition) is 1. The molecule has 3 heteroatoms. The van der Waals surface area contributed by atoms with Crippen LogP contribution in [0.3, 0.4) is 0 Å². The molecule has 1 N–H and O–H groups in total. The summed E-state index contributed by atoms with van der Waals surface area (Å²) in [5.41, 5.74) is 0. The summed E-state index contributed by atoms with van der Waals surface area (Å²) < 4.78 is 0. The average molecular weight is 196 g/mol. The van der Waals surface area contributed by atoms with Crippen LogP contribution in [0.5, 0.6) is 0 Å². The van der Waals surface area contributed by atoms with Gasteiger partial charge in [-0.1, -0.05) is 0 Å². The van der Waals surface area contributed by atoms with Crippen LogP contribution < -0.4 is 0 Å². The van der Waals surface area contributed by atoms with Crippen LogP contribution in [0.4, 0.5) is 0 Å². The van der Waals surface area contributed by atoms with Gasteiger partial charge in [-0.2, -0.15) is 0 Å². The normalized spacial score (nSPS) is 28.0. The summed E-state index contributed by atoms with van der Waals surface area (Å²) >= 11 is 0. The molecule has 0 aromatic heterocycles. The molecule has 0 bridgehead atoms. The predicted molar refractivity (Wildman–Crippen MR) is 58.0 cm³/mol. The third-order valence-corrected chi connectivity index (χ3v) is 2.89. The molecule has 1 heterocycles. The summed E-state index contributed by atoms with van der Waals surface area (Å²) in [6, 6.07) is 0.179. The molecule has 0 aromatic carbocycles. The summed E-state index contributed by atoms with van der Waals surface area (Å²) in [7, 11) is 4.15. The van der Waals surface area contributed by atoms with Gasteiger partial charge in [-0.05, 0) is 33.6 Å². The summed E-state index contributed by atoms with van der Waals surface area (Å²) in [5, 5.41) is 9.88. The van der Waals surface area contributed by atoms with Crippen LogP contribution in [0.25, 0.3) is 0 Å². The molecule has 1 rings (SSSR count). The Bertz CT molecular complexity index is 212. The van der Waals surface area contributed by atoms with Gasteiger partial charge in [0.2, 0.25) is 0 Å². The zero-order valence-corrected chi connectivity index (χ0v) is 9.11. The fourth-order valence-corrected chi connectivity index (χ4v) is 1.98. The summed E-state index contributed by atoms with van der Waals surface area (Å²) in [6.07, 6.45) is 6.42. The lowest BCUT2D eigenvalue weighted by molar-refractivity contribution is 0.0614. The molecule has 2 unspecified atom stereocenters. The van der Waals surface area contributed by atoms with Gasteiger partial charge in [-0.3, -0.25) is 4.90 Å². The Kier molecular flexibility index (Phi) is 4.40. The van der Waals surface area contributed by atoms with Crippen LogP contribution in [0.15, 0.2) is 0 Å². The minimum Gasteiger partial charge on any atom is -0.390 e. The molecule has 1 aliphatic heterocycles. The number of likely N-dealkylation sites (N-methyl/N-ethyl adjacent to an activating group) is 2. The van der Waals surface area contributed by atoms with Crippen LogP contribution in [0.2, 0.25) is 0 Å². The van der Waals surface area contributed by atoms with Gasteiger partial charge in [0.25, 0.3) is 0 Å². The quantitative estimate of drug-likeness (QED) is 0.630. The van der Waals surface area contributed by atoms with E-state index in [1.165, 1.54) is 0 Å². The second kappa shape index (κ2) is 5.35. The van der Waals surface area contributed by atoms with Crippen molar-refractivity contribution >= 4 is 0 Å². The van der Waals surface area contributed by atoms with Crippen molar-refractivity contribution in [2.24, 2.45) is 0 Å². The van der Waals surface area contributed by atoms with Crippen molar-refractivity contribution in [3.8, 4) is 12.3 Å². The maximum absolute atomic E-state index is 9.88. The van der Waals surface area contributed by atoms with Crippen LogP contribution in [-0.4, -0.2) is 60.8 Å². The highest BCUT2D eigenvalue weighted by Gasteiger charge is 2.26. The second-order valence-electron chi connectivity index (χ2n) is 4.14. The Hall–Kier alpha value is -0.560. The Balaban J connectivity index is 2.58. The van der Waals surface area contributed by atoms with Crippen molar-refractivity contribution in [2.75, 3.05) is 33.7 Å². The number of aliphatic hydroxyl groups is 1. The minimum absolute atomic E-state index is 0.179. The molecule has 0 aliphatic carbocycles. The van der Waals surface area contributed by atoms with E-state index in [0.717, 1.165) is 26.1 Å². The predicted octanol–water partition coefficient (Wildman–Crippen LogP) is 0.00650. The van der Waals surface area contributed by atoms with E-state index in [2.05, 4.69) is 29.8 Å². The first-order chi connectivity index (χ1) is 6.65. The van der Waals surface area contributed by atoms with Crippen molar-refractivity contribution in [2.45, 2.75) is 25.0 Å². The number of rotatable bonds is 2. The van der Waals surface area contributed by atoms with Crippen molar-refractivity contribution in [3.05, 3.63) is 0 Å². The molecular formula is C11H20N2O. The number of nitrogens with zero attached hydrogens (tertiary/aromatic N) is 2. The van der Waals surface area contributed by atoms with E-state index in [1.54, 1.807) is 0 Å². The van der Waals surface area contributed by atoms with Crippen molar-refractivity contribution in [1.29, 1.82) is 0 Å². The van der Waals surface area contributed by atoms with E-state index < -0.39 is 6.10 Å². The maximum Gasteiger partial charge on any atom is 0.0816 e. The van der Waals surface area contributed by atoms with Gasteiger partial charge in [0.1, 0.15) is 0 Å². The third-order valence-electron chi connectivity index (χ3n) is 2.89.